The molecule has 1 aromatic carbocycles. The Hall–Kier alpha value is -0.310. The Labute approximate surface area is 165 Å². The SMILES string of the molecule is CCCCCCc1cc(CCCCCC)cc(CC(=O)O)c1.[H-].[Na+]. The van der Waals surface area contributed by atoms with Gasteiger partial charge < -0.3 is 6.53 Å². The van der Waals surface area contributed by atoms with Gasteiger partial charge >= 0.3 is 35.5 Å². The van der Waals surface area contributed by atoms with Crippen molar-refractivity contribution in [3.63, 3.8) is 0 Å². The fourth-order valence-electron chi connectivity index (χ4n) is 2.92. The zero-order valence-electron chi connectivity index (χ0n) is 16.4. The number of carboxylic acid groups (broad SMARTS) is 1. The van der Waals surface area contributed by atoms with E-state index in [9.17, 15) is 4.79 Å². The van der Waals surface area contributed by atoms with Crippen molar-refractivity contribution in [1.82, 2.24) is 0 Å². The van der Waals surface area contributed by atoms with E-state index < -0.39 is 5.97 Å². The van der Waals surface area contributed by atoms with Gasteiger partial charge in [0.1, 0.15) is 0 Å². The Balaban J connectivity index is 0. The first-order chi connectivity index (χ1) is 10.7. The quantitative estimate of drug-likeness (QED) is 0.473. The summed E-state index contributed by atoms with van der Waals surface area (Å²) in [5.41, 5.74) is 3.60. The molecule has 126 valence electrons. The van der Waals surface area contributed by atoms with Crippen LogP contribution in [0.1, 0.15) is 83.3 Å². The van der Waals surface area contributed by atoms with Crippen LogP contribution in [0, 0.1) is 0 Å². The Morgan fingerprint density at radius 1 is 0.826 bits per heavy atom. The first kappa shape index (κ1) is 22.7. The Morgan fingerprint density at radius 3 is 1.65 bits per heavy atom. The molecule has 0 atom stereocenters. The van der Waals surface area contributed by atoms with Crippen LogP contribution in [0.4, 0.5) is 0 Å². The van der Waals surface area contributed by atoms with Crippen molar-refractivity contribution >= 4 is 5.97 Å². The third kappa shape index (κ3) is 11.0. The minimum absolute atomic E-state index is 0. The van der Waals surface area contributed by atoms with Crippen LogP contribution in [0.3, 0.4) is 0 Å². The van der Waals surface area contributed by atoms with Gasteiger partial charge in [-0.15, -0.1) is 0 Å². The van der Waals surface area contributed by atoms with E-state index >= 15 is 0 Å². The van der Waals surface area contributed by atoms with Gasteiger partial charge in [-0.1, -0.05) is 70.6 Å². The maximum Gasteiger partial charge on any atom is 1.00 e. The Morgan fingerprint density at radius 2 is 1.26 bits per heavy atom. The van der Waals surface area contributed by atoms with E-state index in [-0.39, 0.29) is 37.4 Å². The predicted molar refractivity (Wildman–Crippen MR) is 94.6 cm³/mol. The van der Waals surface area contributed by atoms with Crippen molar-refractivity contribution in [2.75, 3.05) is 0 Å². The van der Waals surface area contributed by atoms with E-state index in [1.807, 2.05) is 0 Å². The smallest absolute Gasteiger partial charge is 1.00 e. The van der Waals surface area contributed by atoms with Crippen LogP contribution >= 0.6 is 0 Å². The summed E-state index contributed by atoms with van der Waals surface area (Å²) < 4.78 is 0. The molecule has 1 N–H and O–H groups in total. The molecule has 0 aromatic heterocycles. The standard InChI is InChI=1S/C20H32O2.Na.H/c1-3-5-7-9-11-17-13-18(12-10-8-6-4-2)15-19(14-17)16-20(21)22;;/h13-15H,3-12,16H2,1-2H3,(H,21,22);;/q;+1;-1. The van der Waals surface area contributed by atoms with Crippen molar-refractivity contribution in [3.05, 3.63) is 34.9 Å². The van der Waals surface area contributed by atoms with Gasteiger partial charge in [-0.25, -0.2) is 0 Å². The summed E-state index contributed by atoms with van der Waals surface area (Å²) in [4.78, 5) is 11.0. The van der Waals surface area contributed by atoms with E-state index in [0.29, 0.717) is 0 Å². The summed E-state index contributed by atoms with van der Waals surface area (Å²) in [7, 11) is 0. The van der Waals surface area contributed by atoms with Gasteiger partial charge in [0.25, 0.3) is 0 Å². The van der Waals surface area contributed by atoms with Crippen molar-refractivity contribution in [1.29, 1.82) is 0 Å². The number of unbranched alkanes of at least 4 members (excludes halogenated alkanes) is 6. The molecule has 0 saturated carbocycles. The van der Waals surface area contributed by atoms with E-state index in [1.54, 1.807) is 0 Å². The molecule has 0 aliphatic carbocycles. The first-order valence-corrected chi connectivity index (χ1v) is 8.99. The summed E-state index contributed by atoms with van der Waals surface area (Å²) in [5.74, 6) is -0.736. The van der Waals surface area contributed by atoms with E-state index in [4.69, 9.17) is 5.11 Å². The molecule has 0 unspecified atom stereocenters. The first-order valence-electron chi connectivity index (χ1n) is 8.99. The minimum Gasteiger partial charge on any atom is -1.00 e. The Kier molecular flexibility index (Phi) is 13.9. The number of aliphatic carboxylic acids is 1. The maximum atomic E-state index is 11.0. The average molecular weight is 328 g/mol. The molecule has 0 aliphatic rings. The summed E-state index contributed by atoms with van der Waals surface area (Å²) in [5, 5.41) is 9.04. The fraction of sp³-hybridized carbons (Fsp3) is 0.650. The van der Waals surface area contributed by atoms with E-state index in [0.717, 1.165) is 18.4 Å². The molecular formula is C20H33NaO2. The molecular weight excluding hydrogens is 295 g/mol. The molecule has 1 rings (SSSR count). The van der Waals surface area contributed by atoms with Crippen molar-refractivity contribution in [2.24, 2.45) is 0 Å². The predicted octanol–water partition coefficient (Wildman–Crippen LogP) is 2.68. The van der Waals surface area contributed by atoms with Crippen LogP contribution in [0.2, 0.25) is 0 Å². The number of carbonyl (C=O) groups is 1. The molecule has 0 spiro atoms. The van der Waals surface area contributed by atoms with Gasteiger partial charge in [-0.2, -0.15) is 0 Å². The molecule has 0 heterocycles. The third-order valence-corrected chi connectivity index (χ3v) is 4.11. The van der Waals surface area contributed by atoms with Crippen LogP contribution in [0.15, 0.2) is 18.2 Å². The molecule has 0 bridgehead atoms. The van der Waals surface area contributed by atoms with Crippen molar-refractivity contribution in [2.45, 2.75) is 84.5 Å². The van der Waals surface area contributed by atoms with Crippen LogP contribution < -0.4 is 29.6 Å². The van der Waals surface area contributed by atoms with Gasteiger partial charge in [-0.3, -0.25) is 4.79 Å². The average Bonchev–Trinajstić information content (AvgIpc) is 2.47. The zero-order chi connectivity index (χ0) is 16.2. The molecule has 0 radical (unpaired) electrons. The molecule has 3 heteroatoms. The van der Waals surface area contributed by atoms with Gasteiger partial charge in [0.2, 0.25) is 0 Å². The fourth-order valence-corrected chi connectivity index (χ4v) is 2.92. The normalized spacial score (nSPS) is 10.3. The molecule has 0 amide bonds. The van der Waals surface area contributed by atoms with Gasteiger partial charge in [0.05, 0.1) is 6.42 Å². The number of rotatable bonds is 12. The van der Waals surface area contributed by atoms with Crippen LogP contribution in [0.5, 0.6) is 0 Å². The number of benzene rings is 1. The maximum absolute atomic E-state index is 11.0. The van der Waals surface area contributed by atoms with Gasteiger partial charge in [0.15, 0.2) is 0 Å². The zero-order valence-corrected chi connectivity index (χ0v) is 17.4. The second kappa shape index (κ2) is 14.1. The monoisotopic (exact) mass is 328 g/mol. The number of aryl methyl sites for hydroxylation is 2. The summed E-state index contributed by atoms with van der Waals surface area (Å²) in [6, 6.07) is 6.48. The second-order valence-electron chi connectivity index (χ2n) is 6.35. The summed E-state index contributed by atoms with van der Waals surface area (Å²) >= 11 is 0. The summed E-state index contributed by atoms with van der Waals surface area (Å²) in [6.45, 7) is 4.45. The Bertz CT molecular complexity index is 419. The van der Waals surface area contributed by atoms with Crippen LogP contribution in [-0.4, -0.2) is 11.1 Å². The molecule has 2 nitrogen and oxygen atoms in total. The topological polar surface area (TPSA) is 37.3 Å². The minimum atomic E-state index is -0.736. The van der Waals surface area contributed by atoms with Crippen molar-refractivity contribution in [3.8, 4) is 0 Å². The largest absolute Gasteiger partial charge is 1.00 e. The van der Waals surface area contributed by atoms with Crippen molar-refractivity contribution < 1.29 is 40.9 Å². The molecule has 23 heavy (non-hydrogen) atoms. The molecule has 0 saturated heterocycles. The second-order valence-corrected chi connectivity index (χ2v) is 6.35. The van der Waals surface area contributed by atoms with E-state index in [1.165, 1.54) is 62.5 Å². The summed E-state index contributed by atoms with van der Waals surface area (Å²) in [6.07, 6.45) is 12.3. The number of carboxylic acids is 1. The molecule has 1 aromatic rings. The van der Waals surface area contributed by atoms with Crippen LogP contribution in [0.25, 0.3) is 0 Å². The third-order valence-electron chi connectivity index (χ3n) is 4.11. The molecule has 0 fully saturated rings. The number of hydrogen-bond acceptors (Lipinski definition) is 1. The molecule has 0 aliphatic heterocycles. The van der Waals surface area contributed by atoms with Gasteiger partial charge in [0, 0.05) is 0 Å². The van der Waals surface area contributed by atoms with E-state index in [2.05, 4.69) is 32.0 Å². The van der Waals surface area contributed by atoms with Gasteiger partial charge in [-0.05, 0) is 42.4 Å². The van der Waals surface area contributed by atoms with Crippen LogP contribution in [-0.2, 0) is 24.1 Å². The number of hydrogen-bond donors (Lipinski definition) is 1.